The van der Waals surface area contributed by atoms with Crippen LogP contribution in [0.5, 0.6) is 0 Å². The van der Waals surface area contributed by atoms with E-state index in [4.69, 9.17) is 0 Å². The van der Waals surface area contributed by atoms with Crippen LogP contribution in [0.4, 0.5) is 5.69 Å². The number of halogens is 1. The topological polar surface area (TPSA) is 33.2 Å². The molecule has 1 aromatic carbocycles. The fourth-order valence-electron chi connectivity index (χ4n) is 1.91. The number of benzene rings is 1. The molecule has 5 heteroatoms. The molecule has 1 aromatic heterocycles. The third kappa shape index (κ3) is 1.55. The number of carbonyl (C=O) groups excluding carboxylic acids is 1. The number of hydrogen-bond donors (Lipinski definition) is 0. The molecular formula is C11H9BrN2OS. The zero-order chi connectivity index (χ0) is 11.1. The molecule has 0 aliphatic carbocycles. The maximum absolute atomic E-state index is 11.8. The number of alkyl halides is 1. The summed E-state index contributed by atoms with van der Waals surface area (Å²) in [7, 11) is 0. The second-order valence-corrected chi connectivity index (χ2v) is 5.74. The Hall–Kier alpha value is -0.940. The predicted molar refractivity (Wildman–Crippen MR) is 69.3 cm³/mol. The first-order valence-electron chi connectivity index (χ1n) is 5.04. The highest BCUT2D eigenvalue weighted by atomic mass is 79.9. The van der Waals surface area contributed by atoms with Gasteiger partial charge >= 0.3 is 0 Å². The van der Waals surface area contributed by atoms with Gasteiger partial charge in [0.1, 0.15) is 0 Å². The van der Waals surface area contributed by atoms with Gasteiger partial charge in [0.25, 0.3) is 0 Å². The van der Waals surface area contributed by atoms with E-state index in [2.05, 4.69) is 20.9 Å². The molecule has 2 heterocycles. The van der Waals surface area contributed by atoms with Crippen LogP contribution in [0.3, 0.4) is 0 Å². The van der Waals surface area contributed by atoms with Gasteiger partial charge in [-0.2, -0.15) is 0 Å². The van der Waals surface area contributed by atoms with Gasteiger partial charge in [-0.05, 0) is 24.6 Å². The van der Waals surface area contributed by atoms with Crippen LogP contribution in [0.15, 0.2) is 23.7 Å². The summed E-state index contributed by atoms with van der Waals surface area (Å²) in [5.74, 6) is 0.156. The summed E-state index contributed by atoms with van der Waals surface area (Å²) in [5.41, 5.74) is 3.80. The number of anilines is 1. The Kier molecular flexibility index (Phi) is 2.44. The van der Waals surface area contributed by atoms with Gasteiger partial charge in [-0.25, -0.2) is 4.98 Å². The number of rotatable bonds is 1. The molecule has 0 spiro atoms. The van der Waals surface area contributed by atoms with E-state index in [0.717, 1.165) is 28.9 Å². The number of carbonyl (C=O) groups is 1. The first-order chi connectivity index (χ1) is 7.75. The predicted octanol–water partition coefficient (Wildman–Crippen LogP) is 2.80. The second-order valence-electron chi connectivity index (χ2n) is 3.75. The Morgan fingerprint density at radius 3 is 3.12 bits per heavy atom. The largest absolute Gasteiger partial charge is 0.311 e. The van der Waals surface area contributed by atoms with Crippen LogP contribution in [0, 0.1) is 0 Å². The van der Waals surface area contributed by atoms with Crippen molar-refractivity contribution in [3.05, 3.63) is 23.7 Å². The van der Waals surface area contributed by atoms with E-state index in [1.54, 1.807) is 11.3 Å². The molecule has 0 bridgehead atoms. The Morgan fingerprint density at radius 2 is 2.38 bits per heavy atom. The van der Waals surface area contributed by atoms with Crippen molar-refractivity contribution >= 4 is 49.1 Å². The fourth-order valence-corrected chi connectivity index (χ4v) is 3.08. The highest BCUT2D eigenvalue weighted by Crippen LogP contribution is 2.29. The van der Waals surface area contributed by atoms with Gasteiger partial charge < -0.3 is 4.90 Å². The zero-order valence-corrected chi connectivity index (χ0v) is 10.8. The normalized spacial score (nSPS) is 20.9. The molecule has 1 saturated heterocycles. The average molecular weight is 297 g/mol. The number of aromatic nitrogens is 1. The van der Waals surface area contributed by atoms with Crippen LogP contribution >= 0.6 is 27.3 Å². The number of thiazole rings is 1. The molecule has 0 N–H and O–H groups in total. The van der Waals surface area contributed by atoms with E-state index in [9.17, 15) is 4.79 Å². The van der Waals surface area contributed by atoms with Crippen LogP contribution in [0.1, 0.15) is 6.42 Å². The van der Waals surface area contributed by atoms with Gasteiger partial charge in [-0.1, -0.05) is 15.9 Å². The van der Waals surface area contributed by atoms with E-state index in [-0.39, 0.29) is 10.7 Å². The van der Waals surface area contributed by atoms with Crippen molar-refractivity contribution in [2.24, 2.45) is 0 Å². The Labute approximate surface area is 105 Å². The molecule has 0 saturated carbocycles. The summed E-state index contributed by atoms with van der Waals surface area (Å²) in [4.78, 5) is 17.9. The van der Waals surface area contributed by atoms with Gasteiger partial charge in [0.05, 0.1) is 20.6 Å². The smallest absolute Gasteiger partial charge is 0.240 e. The van der Waals surface area contributed by atoms with E-state index >= 15 is 0 Å². The van der Waals surface area contributed by atoms with E-state index in [0.29, 0.717) is 0 Å². The summed E-state index contributed by atoms with van der Waals surface area (Å²) in [5, 5.41) is 0. The highest BCUT2D eigenvalue weighted by molar-refractivity contribution is 9.10. The van der Waals surface area contributed by atoms with Crippen molar-refractivity contribution in [2.75, 3.05) is 11.4 Å². The molecule has 1 aliphatic heterocycles. The van der Waals surface area contributed by atoms with Crippen molar-refractivity contribution in [1.82, 2.24) is 4.98 Å². The first-order valence-corrected chi connectivity index (χ1v) is 6.84. The molecule has 2 aromatic rings. The Balaban J connectivity index is 2.02. The van der Waals surface area contributed by atoms with Gasteiger partial charge in [-0.3, -0.25) is 4.79 Å². The SMILES string of the molecule is O=C1C(Br)CCN1c1ccc2ncsc2c1. The summed E-state index contributed by atoms with van der Waals surface area (Å²) in [6.07, 6.45) is 0.875. The Bertz CT molecular complexity index is 554. The molecule has 3 rings (SSSR count). The van der Waals surface area contributed by atoms with E-state index < -0.39 is 0 Å². The van der Waals surface area contributed by atoms with Gasteiger partial charge in [-0.15, -0.1) is 11.3 Å². The van der Waals surface area contributed by atoms with Crippen LogP contribution in [-0.4, -0.2) is 22.3 Å². The van der Waals surface area contributed by atoms with Crippen LogP contribution in [-0.2, 0) is 4.79 Å². The average Bonchev–Trinajstić information content (AvgIpc) is 2.86. The van der Waals surface area contributed by atoms with Crippen LogP contribution in [0.25, 0.3) is 10.2 Å². The fraction of sp³-hybridized carbons (Fsp3) is 0.273. The van der Waals surface area contributed by atoms with Gasteiger partial charge in [0.15, 0.2) is 0 Å². The summed E-state index contributed by atoms with van der Waals surface area (Å²) in [6.45, 7) is 0.791. The molecule has 82 valence electrons. The lowest BCUT2D eigenvalue weighted by molar-refractivity contribution is -0.116. The maximum Gasteiger partial charge on any atom is 0.240 e. The number of amides is 1. The molecule has 1 unspecified atom stereocenters. The van der Waals surface area contributed by atoms with E-state index in [1.807, 2.05) is 28.6 Å². The summed E-state index contributed by atoms with van der Waals surface area (Å²) < 4.78 is 1.13. The van der Waals surface area contributed by atoms with Crippen molar-refractivity contribution < 1.29 is 4.79 Å². The number of fused-ring (bicyclic) bond motifs is 1. The van der Waals surface area contributed by atoms with Crippen molar-refractivity contribution in [2.45, 2.75) is 11.2 Å². The Morgan fingerprint density at radius 1 is 1.50 bits per heavy atom. The molecule has 1 aliphatic rings. The standard InChI is InChI=1S/C11H9BrN2OS/c12-8-3-4-14(11(8)15)7-1-2-9-10(5-7)16-6-13-9/h1-2,5-6,8H,3-4H2. The maximum atomic E-state index is 11.8. The molecule has 0 radical (unpaired) electrons. The van der Waals surface area contributed by atoms with Crippen molar-refractivity contribution in [3.63, 3.8) is 0 Å². The third-order valence-electron chi connectivity index (χ3n) is 2.77. The van der Waals surface area contributed by atoms with Gasteiger partial charge in [0, 0.05) is 12.2 Å². The monoisotopic (exact) mass is 296 g/mol. The molecule has 1 amide bonds. The molecular weight excluding hydrogens is 288 g/mol. The second kappa shape index (κ2) is 3.82. The van der Waals surface area contributed by atoms with Crippen molar-refractivity contribution in [1.29, 1.82) is 0 Å². The molecule has 3 nitrogen and oxygen atoms in total. The zero-order valence-electron chi connectivity index (χ0n) is 8.39. The lowest BCUT2D eigenvalue weighted by Crippen LogP contribution is -2.26. The lowest BCUT2D eigenvalue weighted by Gasteiger charge is -2.15. The van der Waals surface area contributed by atoms with E-state index in [1.165, 1.54) is 0 Å². The quantitative estimate of drug-likeness (QED) is 0.758. The number of nitrogens with zero attached hydrogens (tertiary/aromatic N) is 2. The van der Waals surface area contributed by atoms with Gasteiger partial charge in [0.2, 0.25) is 5.91 Å². The number of hydrogen-bond acceptors (Lipinski definition) is 3. The summed E-state index contributed by atoms with van der Waals surface area (Å²) >= 11 is 4.98. The first kappa shape index (κ1) is 10.2. The minimum atomic E-state index is -0.0235. The van der Waals surface area contributed by atoms with Crippen LogP contribution < -0.4 is 4.90 Å². The molecule has 16 heavy (non-hydrogen) atoms. The molecule has 1 fully saturated rings. The minimum absolute atomic E-state index is 0.0235. The van der Waals surface area contributed by atoms with Crippen LogP contribution in [0.2, 0.25) is 0 Å². The van der Waals surface area contributed by atoms with Crippen molar-refractivity contribution in [3.8, 4) is 0 Å². The minimum Gasteiger partial charge on any atom is -0.311 e. The molecule has 1 atom stereocenters. The third-order valence-corrected chi connectivity index (χ3v) is 4.41. The summed E-state index contributed by atoms with van der Waals surface area (Å²) in [6, 6.07) is 5.97. The lowest BCUT2D eigenvalue weighted by atomic mass is 10.3. The highest BCUT2D eigenvalue weighted by Gasteiger charge is 2.30.